The molecule has 3 rings (SSSR count). The third-order valence-electron chi connectivity index (χ3n) is 2.88. The van der Waals surface area contributed by atoms with E-state index in [0.717, 1.165) is 0 Å². The minimum Gasteiger partial charge on any atom is -0.342 e. The van der Waals surface area contributed by atoms with Crippen molar-refractivity contribution >= 4 is 17.5 Å². The van der Waals surface area contributed by atoms with E-state index in [2.05, 4.69) is 20.4 Å². The summed E-state index contributed by atoms with van der Waals surface area (Å²) in [7, 11) is 0. The molecule has 6 nitrogen and oxygen atoms in total. The quantitative estimate of drug-likeness (QED) is 0.800. The van der Waals surface area contributed by atoms with Crippen LogP contribution in [0.5, 0.6) is 0 Å². The number of nitrogens with one attached hydrogen (secondary N) is 1. The predicted octanol–water partition coefficient (Wildman–Crippen LogP) is 2.72. The molecule has 2 aromatic heterocycles. The first-order chi connectivity index (χ1) is 10.7. The van der Waals surface area contributed by atoms with E-state index >= 15 is 0 Å². The van der Waals surface area contributed by atoms with E-state index < -0.39 is 0 Å². The Hall–Kier alpha value is -2.73. The summed E-state index contributed by atoms with van der Waals surface area (Å²) in [4.78, 5) is 20.0. The Balaban J connectivity index is 1.68. The first kappa shape index (κ1) is 14.2. The molecule has 0 saturated heterocycles. The zero-order chi connectivity index (χ0) is 15.4. The molecule has 0 fully saturated rings. The number of hydrogen-bond acceptors (Lipinski definition) is 5. The SMILES string of the molecule is O=C(NCc1nc(-c2ccccc2Cl)no1)c1ccccn1. The second-order valence-electron chi connectivity index (χ2n) is 4.39. The molecule has 0 bridgehead atoms. The van der Waals surface area contributed by atoms with E-state index in [4.69, 9.17) is 16.1 Å². The Morgan fingerprint density at radius 2 is 2.00 bits per heavy atom. The van der Waals surface area contributed by atoms with Gasteiger partial charge in [-0.3, -0.25) is 9.78 Å². The fraction of sp³-hybridized carbons (Fsp3) is 0.0667. The maximum Gasteiger partial charge on any atom is 0.270 e. The number of benzene rings is 1. The van der Waals surface area contributed by atoms with Crippen LogP contribution < -0.4 is 5.32 Å². The molecule has 0 aliphatic heterocycles. The summed E-state index contributed by atoms with van der Waals surface area (Å²) < 4.78 is 5.11. The molecule has 1 amide bonds. The van der Waals surface area contributed by atoms with Crippen molar-refractivity contribution in [1.82, 2.24) is 20.4 Å². The van der Waals surface area contributed by atoms with Crippen LogP contribution in [-0.4, -0.2) is 21.0 Å². The number of amides is 1. The highest BCUT2D eigenvalue weighted by Gasteiger charge is 2.13. The van der Waals surface area contributed by atoms with E-state index in [9.17, 15) is 4.79 Å². The fourth-order valence-corrected chi connectivity index (χ4v) is 2.04. The topological polar surface area (TPSA) is 80.9 Å². The standard InChI is InChI=1S/C15H11ClN4O2/c16-11-6-2-1-5-10(11)14-19-13(22-20-14)9-18-15(21)12-7-3-4-8-17-12/h1-8H,9H2,(H,18,21). The zero-order valence-corrected chi connectivity index (χ0v) is 12.1. The van der Waals surface area contributed by atoms with Crippen LogP contribution in [0.15, 0.2) is 53.2 Å². The van der Waals surface area contributed by atoms with Gasteiger partial charge < -0.3 is 9.84 Å². The van der Waals surface area contributed by atoms with Gasteiger partial charge in [-0.1, -0.05) is 35.0 Å². The van der Waals surface area contributed by atoms with Gasteiger partial charge in [-0.2, -0.15) is 4.98 Å². The number of halogens is 1. The van der Waals surface area contributed by atoms with Crippen molar-refractivity contribution in [2.75, 3.05) is 0 Å². The maximum atomic E-state index is 11.9. The minimum absolute atomic E-state index is 0.118. The van der Waals surface area contributed by atoms with E-state index in [1.54, 1.807) is 36.5 Å². The molecule has 0 spiro atoms. The lowest BCUT2D eigenvalue weighted by Gasteiger charge is -2.00. The van der Waals surface area contributed by atoms with Crippen LogP contribution in [-0.2, 0) is 6.54 Å². The van der Waals surface area contributed by atoms with Crippen LogP contribution in [0.2, 0.25) is 5.02 Å². The van der Waals surface area contributed by atoms with Gasteiger partial charge in [0.25, 0.3) is 5.91 Å². The first-order valence-electron chi connectivity index (χ1n) is 6.51. The van der Waals surface area contributed by atoms with E-state index in [0.29, 0.717) is 28.0 Å². The Labute approximate surface area is 131 Å². The molecule has 0 unspecified atom stereocenters. The highest BCUT2D eigenvalue weighted by molar-refractivity contribution is 6.33. The average Bonchev–Trinajstić information content (AvgIpc) is 3.02. The van der Waals surface area contributed by atoms with E-state index in [1.165, 1.54) is 0 Å². The summed E-state index contributed by atoms with van der Waals surface area (Å²) in [5.74, 6) is 0.366. The number of nitrogens with zero attached hydrogens (tertiary/aromatic N) is 3. The lowest BCUT2D eigenvalue weighted by molar-refractivity contribution is 0.0941. The molecule has 1 N–H and O–H groups in total. The van der Waals surface area contributed by atoms with Crippen LogP contribution in [0.25, 0.3) is 11.4 Å². The number of rotatable bonds is 4. The van der Waals surface area contributed by atoms with Crippen molar-refractivity contribution in [1.29, 1.82) is 0 Å². The molecular weight excluding hydrogens is 304 g/mol. The summed E-state index contributed by atoms with van der Waals surface area (Å²) >= 11 is 6.08. The summed E-state index contributed by atoms with van der Waals surface area (Å²) in [6.07, 6.45) is 1.55. The number of carbonyl (C=O) groups excluding carboxylic acids is 1. The number of carbonyl (C=O) groups is 1. The van der Waals surface area contributed by atoms with Crippen molar-refractivity contribution < 1.29 is 9.32 Å². The van der Waals surface area contributed by atoms with Crippen LogP contribution >= 0.6 is 11.6 Å². The molecule has 0 radical (unpaired) electrons. The monoisotopic (exact) mass is 314 g/mol. The van der Waals surface area contributed by atoms with Gasteiger partial charge in [0.05, 0.1) is 11.6 Å². The van der Waals surface area contributed by atoms with Crippen LogP contribution in [0.3, 0.4) is 0 Å². The molecule has 0 atom stereocenters. The lowest BCUT2D eigenvalue weighted by atomic mass is 10.2. The van der Waals surface area contributed by atoms with Crippen molar-refractivity contribution in [2.24, 2.45) is 0 Å². The smallest absolute Gasteiger partial charge is 0.270 e. The summed E-state index contributed by atoms with van der Waals surface area (Å²) in [5.41, 5.74) is 1.00. The van der Waals surface area contributed by atoms with Crippen molar-refractivity contribution in [3.8, 4) is 11.4 Å². The van der Waals surface area contributed by atoms with Gasteiger partial charge in [0.15, 0.2) is 0 Å². The molecule has 2 heterocycles. The van der Waals surface area contributed by atoms with Crippen LogP contribution in [0.1, 0.15) is 16.4 Å². The lowest BCUT2D eigenvalue weighted by Crippen LogP contribution is -2.23. The molecule has 110 valence electrons. The van der Waals surface area contributed by atoms with Crippen molar-refractivity contribution in [3.05, 3.63) is 65.3 Å². The van der Waals surface area contributed by atoms with Gasteiger partial charge in [0.1, 0.15) is 5.69 Å². The number of pyridine rings is 1. The van der Waals surface area contributed by atoms with Crippen molar-refractivity contribution in [3.63, 3.8) is 0 Å². The number of aromatic nitrogens is 3. The highest BCUT2D eigenvalue weighted by Crippen LogP contribution is 2.24. The van der Waals surface area contributed by atoms with E-state index in [1.807, 2.05) is 12.1 Å². The summed E-state index contributed by atoms with van der Waals surface area (Å²) in [6, 6.07) is 12.3. The summed E-state index contributed by atoms with van der Waals surface area (Å²) in [6.45, 7) is 0.118. The van der Waals surface area contributed by atoms with Gasteiger partial charge in [-0.15, -0.1) is 0 Å². The predicted molar refractivity (Wildman–Crippen MR) is 80.2 cm³/mol. The van der Waals surface area contributed by atoms with Gasteiger partial charge in [0.2, 0.25) is 11.7 Å². The average molecular weight is 315 g/mol. The fourth-order valence-electron chi connectivity index (χ4n) is 1.82. The molecule has 7 heteroatoms. The third-order valence-corrected chi connectivity index (χ3v) is 3.21. The zero-order valence-electron chi connectivity index (χ0n) is 11.4. The second kappa shape index (κ2) is 6.36. The highest BCUT2D eigenvalue weighted by atomic mass is 35.5. The molecule has 0 aliphatic rings. The Morgan fingerprint density at radius 1 is 1.18 bits per heavy atom. The molecular formula is C15H11ClN4O2. The molecule has 1 aromatic carbocycles. The third kappa shape index (κ3) is 3.12. The molecule has 22 heavy (non-hydrogen) atoms. The van der Waals surface area contributed by atoms with Gasteiger partial charge in [-0.25, -0.2) is 0 Å². The van der Waals surface area contributed by atoms with Crippen molar-refractivity contribution in [2.45, 2.75) is 6.54 Å². The Kier molecular flexibility index (Phi) is 4.11. The van der Waals surface area contributed by atoms with Gasteiger partial charge in [-0.05, 0) is 24.3 Å². The number of hydrogen-bond donors (Lipinski definition) is 1. The normalized spacial score (nSPS) is 10.4. The van der Waals surface area contributed by atoms with Crippen LogP contribution in [0.4, 0.5) is 0 Å². The Bertz CT molecular complexity index is 789. The molecule has 0 saturated carbocycles. The molecule has 0 aliphatic carbocycles. The second-order valence-corrected chi connectivity index (χ2v) is 4.80. The first-order valence-corrected chi connectivity index (χ1v) is 6.88. The van der Waals surface area contributed by atoms with Gasteiger partial charge in [0, 0.05) is 11.8 Å². The Morgan fingerprint density at radius 3 is 2.77 bits per heavy atom. The molecule has 3 aromatic rings. The van der Waals surface area contributed by atoms with Gasteiger partial charge >= 0.3 is 0 Å². The maximum absolute atomic E-state index is 11.9. The largest absolute Gasteiger partial charge is 0.342 e. The van der Waals surface area contributed by atoms with E-state index in [-0.39, 0.29) is 12.5 Å². The summed E-state index contributed by atoms with van der Waals surface area (Å²) in [5, 5.41) is 7.06. The van der Waals surface area contributed by atoms with Crippen LogP contribution in [0, 0.1) is 0 Å². The minimum atomic E-state index is -0.307.